The first-order valence-electron chi connectivity index (χ1n) is 11.1. The first-order chi connectivity index (χ1) is 16.5. The number of hydrogen-bond donors (Lipinski definition) is 1. The van der Waals surface area contributed by atoms with Crippen LogP contribution in [0, 0.1) is 12.7 Å². The zero-order chi connectivity index (χ0) is 23.8. The van der Waals surface area contributed by atoms with E-state index in [2.05, 4.69) is 0 Å². The van der Waals surface area contributed by atoms with Gasteiger partial charge in [-0.3, -0.25) is 9.36 Å². The molecular formula is C28H24FN3O2. The van der Waals surface area contributed by atoms with Crippen molar-refractivity contribution in [3.63, 3.8) is 0 Å². The second-order valence-electron chi connectivity index (χ2n) is 8.37. The standard InChI is InChI=1S/C28H24FN3O2/c1-18-25(24-17-20-11-6-7-14-23(20)31(24)2)28(34)32(16-15-19-9-4-3-5-10-19)27(30-18)21-12-8-13-22(29)26(21)33/h3-14,17,33H,15-16H2,1-2H3. The summed E-state index contributed by atoms with van der Waals surface area (Å²) in [5.74, 6) is -1.02. The second-order valence-corrected chi connectivity index (χ2v) is 8.37. The molecule has 2 aromatic heterocycles. The van der Waals surface area contributed by atoms with Crippen molar-refractivity contribution in [2.45, 2.75) is 19.9 Å². The number of fused-ring (bicyclic) bond motifs is 1. The Bertz CT molecular complexity index is 1570. The van der Waals surface area contributed by atoms with Gasteiger partial charge in [0.25, 0.3) is 5.56 Å². The fourth-order valence-corrected chi connectivity index (χ4v) is 4.48. The lowest BCUT2D eigenvalue weighted by molar-refractivity contribution is 0.433. The highest BCUT2D eigenvalue weighted by molar-refractivity contribution is 5.87. The van der Waals surface area contributed by atoms with Crippen LogP contribution in [-0.2, 0) is 20.0 Å². The molecule has 170 valence electrons. The zero-order valence-corrected chi connectivity index (χ0v) is 19.0. The molecule has 6 heteroatoms. The van der Waals surface area contributed by atoms with Gasteiger partial charge in [0.15, 0.2) is 11.6 Å². The Balaban J connectivity index is 1.73. The van der Waals surface area contributed by atoms with Crippen LogP contribution in [-0.4, -0.2) is 19.2 Å². The maximum absolute atomic E-state index is 14.2. The van der Waals surface area contributed by atoms with Crippen molar-refractivity contribution in [1.82, 2.24) is 14.1 Å². The number of aromatic hydroxyl groups is 1. The summed E-state index contributed by atoms with van der Waals surface area (Å²) in [7, 11) is 1.93. The SMILES string of the molecule is Cc1nc(-c2cccc(F)c2O)n(CCc2ccccc2)c(=O)c1-c1cc2ccccc2n1C. The molecule has 2 heterocycles. The Morgan fingerprint density at radius 1 is 0.971 bits per heavy atom. The maximum atomic E-state index is 14.2. The number of benzene rings is 3. The van der Waals surface area contributed by atoms with Crippen LogP contribution in [0.4, 0.5) is 4.39 Å². The Morgan fingerprint density at radius 2 is 1.71 bits per heavy atom. The summed E-state index contributed by atoms with van der Waals surface area (Å²) in [6, 6.07) is 24.0. The second kappa shape index (κ2) is 8.63. The van der Waals surface area contributed by atoms with Crippen molar-refractivity contribution in [2.75, 3.05) is 0 Å². The van der Waals surface area contributed by atoms with Crippen molar-refractivity contribution in [3.05, 3.63) is 106 Å². The summed E-state index contributed by atoms with van der Waals surface area (Å²) in [6.07, 6.45) is 0.586. The van der Waals surface area contributed by atoms with Gasteiger partial charge in [0.2, 0.25) is 0 Å². The quantitative estimate of drug-likeness (QED) is 0.384. The van der Waals surface area contributed by atoms with Gasteiger partial charge in [-0.25, -0.2) is 9.37 Å². The topological polar surface area (TPSA) is 60.1 Å². The molecule has 0 saturated heterocycles. The fourth-order valence-electron chi connectivity index (χ4n) is 4.48. The largest absolute Gasteiger partial charge is 0.504 e. The predicted molar refractivity (Wildman–Crippen MR) is 132 cm³/mol. The smallest absolute Gasteiger partial charge is 0.263 e. The normalized spacial score (nSPS) is 11.3. The number of nitrogens with zero attached hydrogens (tertiary/aromatic N) is 3. The third-order valence-corrected chi connectivity index (χ3v) is 6.25. The average Bonchev–Trinajstić information content (AvgIpc) is 3.17. The Labute approximate surface area is 196 Å². The molecule has 0 saturated carbocycles. The summed E-state index contributed by atoms with van der Waals surface area (Å²) in [5, 5.41) is 11.5. The van der Waals surface area contributed by atoms with Crippen LogP contribution in [0.2, 0.25) is 0 Å². The Hall–Kier alpha value is -4.19. The van der Waals surface area contributed by atoms with Crippen LogP contribution in [0.25, 0.3) is 33.5 Å². The van der Waals surface area contributed by atoms with E-state index in [4.69, 9.17) is 4.98 Å². The van der Waals surface area contributed by atoms with E-state index < -0.39 is 11.6 Å². The molecule has 0 atom stereocenters. The van der Waals surface area contributed by atoms with Gasteiger partial charge in [-0.05, 0) is 43.2 Å². The molecule has 0 aliphatic heterocycles. The van der Waals surface area contributed by atoms with Crippen LogP contribution >= 0.6 is 0 Å². The lowest BCUT2D eigenvalue weighted by Crippen LogP contribution is -2.27. The van der Waals surface area contributed by atoms with Crippen molar-refractivity contribution in [3.8, 4) is 28.4 Å². The molecule has 1 N–H and O–H groups in total. The third-order valence-electron chi connectivity index (χ3n) is 6.25. The summed E-state index contributed by atoms with van der Waals surface area (Å²) < 4.78 is 17.7. The molecule has 0 radical (unpaired) electrons. The maximum Gasteiger partial charge on any atom is 0.263 e. The van der Waals surface area contributed by atoms with E-state index in [-0.39, 0.29) is 16.9 Å². The van der Waals surface area contributed by atoms with Gasteiger partial charge >= 0.3 is 0 Å². The summed E-state index contributed by atoms with van der Waals surface area (Å²) in [6.45, 7) is 2.11. The van der Waals surface area contributed by atoms with Gasteiger partial charge in [-0.15, -0.1) is 0 Å². The third kappa shape index (κ3) is 3.67. The minimum Gasteiger partial charge on any atom is -0.504 e. The van der Waals surface area contributed by atoms with Crippen LogP contribution in [0.3, 0.4) is 0 Å². The first kappa shape index (κ1) is 21.6. The minimum absolute atomic E-state index is 0.192. The van der Waals surface area contributed by atoms with Gasteiger partial charge in [-0.2, -0.15) is 0 Å². The highest BCUT2D eigenvalue weighted by Gasteiger charge is 2.22. The molecular weight excluding hydrogens is 429 g/mol. The molecule has 5 aromatic rings. The van der Waals surface area contributed by atoms with Crippen molar-refractivity contribution >= 4 is 10.9 Å². The number of aryl methyl sites for hydroxylation is 3. The molecule has 3 aromatic carbocycles. The van der Waals surface area contributed by atoms with Gasteiger partial charge in [0, 0.05) is 24.5 Å². The van der Waals surface area contributed by atoms with Crippen LogP contribution in [0.15, 0.2) is 83.7 Å². The Morgan fingerprint density at radius 3 is 2.47 bits per heavy atom. The van der Waals surface area contributed by atoms with E-state index in [0.29, 0.717) is 24.2 Å². The molecule has 0 spiro atoms. The van der Waals surface area contributed by atoms with Crippen molar-refractivity contribution < 1.29 is 9.50 Å². The molecule has 0 unspecified atom stereocenters. The molecule has 5 nitrogen and oxygen atoms in total. The van der Waals surface area contributed by atoms with E-state index in [0.717, 1.165) is 22.2 Å². The van der Waals surface area contributed by atoms with Crippen molar-refractivity contribution in [2.24, 2.45) is 7.05 Å². The van der Waals surface area contributed by atoms with E-state index in [1.165, 1.54) is 12.1 Å². The Kier molecular flexibility index (Phi) is 5.49. The number of rotatable bonds is 5. The fraction of sp³-hybridized carbons (Fsp3) is 0.143. The minimum atomic E-state index is -0.753. The highest BCUT2D eigenvalue weighted by atomic mass is 19.1. The van der Waals surface area contributed by atoms with Crippen LogP contribution < -0.4 is 5.56 Å². The molecule has 0 aliphatic rings. The number of halogens is 1. The molecule has 0 amide bonds. The van der Waals surface area contributed by atoms with Crippen molar-refractivity contribution in [1.29, 1.82) is 0 Å². The lowest BCUT2D eigenvalue weighted by atomic mass is 10.1. The van der Waals surface area contributed by atoms with Crippen LogP contribution in [0.5, 0.6) is 5.75 Å². The summed E-state index contributed by atoms with van der Waals surface area (Å²) in [5.41, 5.74) is 3.82. The first-order valence-corrected chi connectivity index (χ1v) is 11.1. The average molecular weight is 454 g/mol. The predicted octanol–water partition coefficient (Wildman–Crippen LogP) is 5.46. The molecule has 0 aliphatic carbocycles. The van der Waals surface area contributed by atoms with Gasteiger partial charge < -0.3 is 9.67 Å². The number of para-hydroxylation sites is 2. The van der Waals surface area contributed by atoms with Gasteiger partial charge in [0.05, 0.1) is 22.5 Å². The van der Waals surface area contributed by atoms with E-state index >= 15 is 0 Å². The highest BCUT2D eigenvalue weighted by Crippen LogP contribution is 2.32. The van der Waals surface area contributed by atoms with E-state index in [1.54, 1.807) is 17.6 Å². The molecule has 0 bridgehead atoms. The zero-order valence-electron chi connectivity index (χ0n) is 19.0. The number of hydrogen-bond acceptors (Lipinski definition) is 3. The van der Waals surface area contributed by atoms with E-state index in [1.807, 2.05) is 72.3 Å². The number of aromatic nitrogens is 3. The molecule has 34 heavy (non-hydrogen) atoms. The summed E-state index contributed by atoms with van der Waals surface area (Å²) >= 11 is 0. The number of phenolic OH excluding ortho intramolecular Hbond substituents is 1. The van der Waals surface area contributed by atoms with E-state index in [9.17, 15) is 14.3 Å². The summed E-state index contributed by atoms with van der Waals surface area (Å²) in [4.78, 5) is 18.7. The molecule has 0 fully saturated rings. The lowest BCUT2D eigenvalue weighted by Gasteiger charge is -2.17. The van der Waals surface area contributed by atoms with Gasteiger partial charge in [0.1, 0.15) is 5.82 Å². The number of phenols is 1. The monoisotopic (exact) mass is 453 g/mol. The molecule has 5 rings (SSSR count). The van der Waals surface area contributed by atoms with Crippen LogP contribution in [0.1, 0.15) is 11.3 Å². The van der Waals surface area contributed by atoms with Gasteiger partial charge in [-0.1, -0.05) is 54.6 Å².